The van der Waals surface area contributed by atoms with E-state index >= 15 is 0 Å². The van der Waals surface area contributed by atoms with Gasteiger partial charge in [0.15, 0.2) is 0 Å². The predicted molar refractivity (Wildman–Crippen MR) is 68.2 cm³/mol. The van der Waals surface area contributed by atoms with Crippen molar-refractivity contribution in [1.82, 2.24) is 5.32 Å². The Hall–Kier alpha value is -1.08. The minimum atomic E-state index is 0.368. The van der Waals surface area contributed by atoms with Crippen LogP contribution in [-0.2, 0) is 11.2 Å². The third-order valence-electron chi connectivity index (χ3n) is 3.19. The van der Waals surface area contributed by atoms with Crippen LogP contribution in [0.15, 0.2) is 23.2 Å². The lowest BCUT2D eigenvalue weighted by Crippen LogP contribution is -2.27. The first-order valence-electron chi connectivity index (χ1n) is 5.65. The summed E-state index contributed by atoms with van der Waals surface area (Å²) in [4.78, 5) is 4.27. The molecule has 0 spiro atoms. The molecule has 3 rings (SSSR count). The van der Waals surface area contributed by atoms with Gasteiger partial charge in [0.2, 0.25) is 0 Å². The Kier molecular flexibility index (Phi) is 2.56. The quantitative estimate of drug-likeness (QED) is 0.739. The van der Waals surface area contributed by atoms with Crippen LogP contribution in [0.2, 0.25) is 0 Å². The highest BCUT2D eigenvalue weighted by Gasteiger charge is 2.25. The number of fused-ring (bicyclic) bond motifs is 1. The van der Waals surface area contributed by atoms with Crippen LogP contribution in [0.1, 0.15) is 23.6 Å². The number of hydrogen-bond acceptors (Lipinski definition) is 3. The van der Waals surface area contributed by atoms with E-state index in [1.54, 1.807) is 0 Å². The van der Waals surface area contributed by atoms with Crippen LogP contribution in [-0.4, -0.2) is 19.2 Å². The summed E-state index contributed by atoms with van der Waals surface area (Å²) in [5.74, 6) is 0. The molecule has 2 atom stereocenters. The maximum atomic E-state index is 5.39. The molecule has 16 heavy (non-hydrogen) atoms. The molecular weight excluding hydrogens is 219 g/mol. The molecule has 0 amide bonds. The van der Waals surface area contributed by atoms with E-state index in [4.69, 9.17) is 4.74 Å². The van der Waals surface area contributed by atoms with Crippen molar-refractivity contribution in [2.75, 3.05) is 13.2 Å². The first-order valence-corrected chi connectivity index (χ1v) is 6.23. The fraction of sp³-hybridized carbons (Fsp3) is 0.417. The van der Waals surface area contributed by atoms with E-state index < -0.39 is 0 Å². The van der Waals surface area contributed by atoms with Crippen molar-refractivity contribution in [2.45, 2.75) is 18.9 Å². The van der Waals surface area contributed by atoms with Crippen molar-refractivity contribution in [3.63, 3.8) is 0 Å². The summed E-state index contributed by atoms with van der Waals surface area (Å²) in [7, 11) is 2.81. The zero-order chi connectivity index (χ0) is 11.0. The molecule has 84 valence electrons. The lowest BCUT2D eigenvalue weighted by molar-refractivity contribution is 0.325. The third-order valence-corrected chi connectivity index (χ3v) is 3.73. The van der Waals surface area contributed by atoms with Gasteiger partial charge in [0.1, 0.15) is 6.61 Å². The van der Waals surface area contributed by atoms with Gasteiger partial charge < -0.3 is 10.1 Å². The van der Waals surface area contributed by atoms with Crippen LogP contribution in [0.25, 0.3) is 0 Å². The van der Waals surface area contributed by atoms with E-state index in [0.29, 0.717) is 18.7 Å². The largest absolute Gasteiger partial charge is 0.463 e. The number of nitrogens with zero attached hydrogens (tertiary/aromatic N) is 1. The van der Waals surface area contributed by atoms with Crippen molar-refractivity contribution < 1.29 is 4.74 Å². The van der Waals surface area contributed by atoms with E-state index in [1.807, 2.05) is 0 Å². The molecule has 0 aromatic heterocycles. The van der Waals surface area contributed by atoms with Crippen molar-refractivity contribution in [3.8, 4) is 0 Å². The van der Waals surface area contributed by atoms with E-state index in [9.17, 15) is 0 Å². The Bertz CT molecular complexity index is 445. The number of aliphatic imine (C=N–C) groups is 1. The van der Waals surface area contributed by atoms with Gasteiger partial charge in [-0.1, -0.05) is 18.2 Å². The van der Waals surface area contributed by atoms with Gasteiger partial charge in [-0.2, -0.15) is 0 Å². The molecule has 0 radical (unpaired) electrons. The van der Waals surface area contributed by atoms with Gasteiger partial charge in [0.25, 0.3) is 6.02 Å². The Balaban J connectivity index is 1.83. The maximum absolute atomic E-state index is 5.39. The molecule has 3 nitrogen and oxygen atoms in total. The van der Waals surface area contributed by atoms with Gasteiger partial charge in [0.05, 0.1) is 12.6 Å². The lowest BCUT2D eigenvalue weighted by atomic mass is 10.1. The number of benzene rings is 1. The van der Waals surface area contributed by atoms with Crippen LogP contribution in [0.4, 0.5) is 0 Å². The van der Waals surface area contributed by atoms with Gasteiger partial charge in [-0.25, -0.2) is 4.99 Å². The Morgan fingerprint density at radius 2 is 2.38 bits per heavy atom. The molecule has 0 saturated carbocycles. The third kappa shape index (κ3) is 1.69. The van der Waals surface area contributed by atoms with E-state index in [0.717, 1.165) is 19.4 Å². The summed E-state index contributed by atoms with van der Waals surface area (Å²) in [5.41, 5.74) is 2.86. The van der Waals surface area contributed by atoms with Crippen LogP contribution < -0.4 is 10.6 Å². The van der Waals surface area contributed by atoms with Crippen LogP contribution in [0, 0.1) is 0 Å². The normalized spacial score (nSPS) is 22.6. The number of hydrogen-bond donors (Lipinski definition) is 1. The van der Waals surface area contributed by atoms with Crippen molar-refractivity contribution in [2.24, 2.45) is 4.99 Å². The number of rotatable bonds is 1. The van der Waals surface area contributed by atoms with Gasteiger partial charge >= 0.3 is 0 Å². The van der Waals surface area contributed by atoms with E-state index in [2.05, 4.69) is 37.7 Å². The standard InChI is InChI=1S/C12H15N2OP/c16-11-3-1-2-8-9(11)4-5-10(8)14-12-13-6-7-15-12/h1-3,10H,4-7,16H2,(H,13,14). The number of ether oxygens (including phenoxy) is 1. The SMILES string of the molecule is Pc1cccc2c1CCC2NC1=NCCO1. The fourth-order valence-corrected chi connectivity index (χ4v) is 2.83. The Morgan fingerprint density at radius 3 is 3.19 bits per heavy atom. The first-order chi connectivity index (χ1) is 7.84. The van der Waals surface area contributed by atoms with Gasteiger partial charge in [-0.3, -0.25) is 0 Å². The monoisotopic (exact) mass is 234 g/mol. The lowest BCUT2D eigenvalue weighted by Gasteiger charge is -2.14. The highest BCUT2D eigenvalue weighted by molar-refractivity contribution is 7.27. The Labute approximate surface area is 97.5 Å². The second kappa shape index (κ2) is 4.06. The summed E-state index contributed by atoms with van der Waals surface area (Å²) in [6.45, 7) is 1.50. The molecule has 2 unspecified atom stereocenters. The molecule has 0 fully saturated rings. The van der Waals surface area contributed by atoms with Crippen molar-refractivity contribution in [3.05, 3.63) is 29.3 Å². The van der Waals surface area contributed by atoms with Gasteiger partial charge in [0, 0.05) is 0 Å². The molecule has 4 heteroatoms. The average molecular weight is 234 g/mol. The molecule has 0 bridgehead atoms. The molecule has 1 aliphatic carbocycles. The summed E-state index contributed by atoms with van der Waals surface area (Å²) in [6.07, 6.45) is 2.27. The highest BCUT2D eigenvalue weighted by atomic mass is 31.0. The molecule has 1 heterocycles. The summed E-state index contributed by atoms with van der Waals surface area (Å²) >= 11 is 0. The molecule has 1 aliphatic heterocycles. The zero-order valence-electron chi connectivity index (χ0n) is 9.07. The first kappa shape index (κ1) is 10.1. The minimum absolute atomic E-state index is 0.368. The van der Waals surface area contributed by atoms with E-state index in [1.165, 1.54) is 16.4 Å². The summed E-state index contributed by atoms with van der Waals surface area (Å²) in [5, 5.41) is 4.70. The van der Waals surface area contributed by atoms with Crippen molar-refractivity contribution in [1.29, 1.82) is 0 Å². The van der Waals surface area contributed by atoms with Gasteiger partial charge in [-0.15, -0.1) is 9.24 Å². The maximum Gasteiger partial charge on any atom is 0.285 e. The second-order valence-electron chi connectivity index (χ2n) is 4.19. The zero-order valence-corrected chi connectivity index (χ0v) is 10.2. The van der Waals surface area contributed by atoms with E-state index in [-0.39, 0.29) is 0 Å². The molecule has 1 aromatic rings. The van der Waals surface area contributed by atoms with Crippen LogP contribution in [0.3, 0.4) is 0 Å². The predicted octanol–water partition coefficient (Wildman–Crippen LogP) is 1.15. The number of nitrogens with one attached hydrogen (secondary N) is 1. The molecule has 1 N–H and O–H groups in total. The molecule has 0 saturated heterocycles. The van der Waals surface area contributed by atoms with Crippen LogP contribution >= 0.6 is 9.24 Å². The van der Waals surface area contributed by atoms with Gasteiger partial charge in [-0.05, 0) is 29.3 Å². The molecule has 2 aliphatic rings. The average Bonchev–Trinajstić information content (AvgIpc) is 2.90. The number of amidine groups is 1. The second-order valence-corrected chi connectivity index (χ2v) is 4.81. The minimum Gasteiger partial charge on any atom is -0.463 e. The van der Waals surface area contributed by atoms with Crippen molar-refractivity contribution >= 4 is 20.6 Å². The fourth-order valence-electron chi connectivity index (χ4n) is 2.40. The summed E-state index contributed by atoms with van der Waals surface area (Å²) < 4.78 is 5.39. The topological polar surface area (TPSA) is 33.6 Å². The molecule has 1 aromatic carbocycles. The van der Waals surface area contributed by atoms with Crippen LogP contribution in [0.5, 0.6) is 0 Å². The molecular formula is C12H15N2OP. The summed E-state index contributed by atoms with van der Waals surface area (Å²) in [6, 6.07) is 7.54. The Morgan fingerprint density at radius 1 is 1.44 bits per heavy atom. The highest BCUT2D eigenvalue weighted by Crippen LogP contribution is 2.30. The smallest absolute Gasteiger partial charge is 0.285 e.